The Morgan fingerprint density at radius 1 is 1.36 bits per heavy atom. The van der Waals surface area contributed by atoms with Crippen LogP contribution in [-0.4, -0.2) is 70.5 Å². The fourth-order valence-electron chi connectivity index (χ4n) is 2.84. The highest BCUT2D eigenvalue weighted by molar-refractivity contribution is 7.99. The van der Waals surface area contributed by atoms with E-state index in [9.17, 15) is 13.2 Å². The first-order chi connectivity index (χ1) is 13.4. The maximum atomic E-state index is 12.6. The summed E-state index contributed by atoms with van der Waals surface area (Å²) in [7, 11) is -0.169. The first kappa shape index (κ1) is 20.6. The summed E-state index contributed by atoms with van der Waals surface area (Å²) in [5.74, 6) is 0.486. The van der Waals surface area contributed by atoms with Gasteiger partial charge in [-0.2, -0.15) is 4.31 Å². The lowest BCUT2D eigenvalue weighted by Gasteiger charge is -2.28. The van der Waals surface area contributed by atoms with Gasteiger partial charge in [-0.1, -0.05) is 17.8 Å². The van der Waals surface area contributed by atoms with Crippen LogP contribution in [0, 0.1) is 0 Å². The molecule has 0 radical (unpaired) electrons. The number of carbonyl (C=O) groups is 1. The van der Waals surface area contributed by atoms with Gasteiger partial charge in [0.15, 0.2) is 0 Å². The molecule has 1 aromatic heterocycles. The number of hydrogen-bond donors (Lipinski definition) is 1. The quantitative estimate of drug-likeness (QED) is 0.577. The lowest BCUT2D eigenvalue weighted by Crippen LogP contribution is -2.40. The average Bonchev–Trinajstić information content (AvgIpc) is 3.10. The minimum Gasteiger partial charge on any atom is -0.497 e. The molecule has 0 aliphatic carbocycles. The van der Waals surface area contributed by atoms with E-state index in [1.807, 2.05) is 18.2 Å². The summed E-state index contributed by atoms with van der Waals surface area (Å²) >= 11 is 1.19. The summed E-state index contributed by atoms with van der Waals surface area (Å²) in [6, 6.07) is 5.68. The number of nitrogens with one attached hydrogen (secondary N) is 1. The Kier molecular flexibility index (Phi) is 6.52. The summed E-state index contributed by atoms with van der Waals surface area (Å²) < 4.78 is 33.4. The smallest absolute Gasteiger partial charge is 0.230 e. The van der Waals surface area contributed by atoms with E-state index in [-0.39, 0.29) is 24.0 Å². The van der Waals surface area contributed by atoms with Crippen LogP contribution >= 0.6 is 11.8 Å². The van der Waals surface area contributed by atoms with E-state index >= 15 is 0 Å². The van der Waals surface area contributed by atoms with Crippen molar-refractivity contribution in [3.05, 3.63) is 29.3 Å². The lowest BCUT2D eigenvalue weighted by atomic mass is 10.0. The van der Waals surface area contributed by atoms with Gasteiger partial charge in [0, 0.05) is 26.7 Å². The zero-order valence-corrected chi connectivity index (χ0v) is 17.3. The van der Waals surface area contributed by atoms with Gasteiger partial charge < -0.3 is 10.1 Å². The molecule has 1 aliphatic rings. The fourth-order valence-corrected chi connectivity index (χ4v) is 4.84. The number of sulfonamides is 1. The Balaban J connectivity index is 1.47. The number of ether oxygens (including phenoxy) is 1. The number of methoxy groups -OCH3 is 1. The van der Waals surface area contributed by atoms with Gasteiger partial charge in [0.2, 0.25) is 21.1 Å². The van der Waals surface area contributed by atoms with Gasteiger partial charge in [-0.05, 0) is 40.1 Å². The molecule has 0 saturated heterocycles. The Morgan fingerprint density at radius 3 is 2.89 bits per heavy atom. The van der Waals surface area contributed by atoms with Crippen molar-refractivity contribution >= 4 is 27.7 Å². The fraction of sp³-hybridized carbons (Fsp3) is 0.500. The van der Waals surface area contributed by atoms with Crippen LogP contribution in [-0.2, 0) is 34.8 Å². The zero-order valence-electron chi connectivity index (χ0n) is 15.7. The predicted molar refractivity (Wildman–Crippen MR) is 103 cm³/mol. The van der Waals surface area contributed by atoms with E-state index < -0.39 is 10.0 Å². The summed E-state index contributed by atoms with van der Waals surface area (Å²) in [5, 5.41) is 14.1. The second-order valence-corrected chi connectivity index (χ2v) is 9.29. The van der Waals surface area contributed by atoms with Crippen molar-refractivity contribution in [3.63, 3.8) is 0 Å². The van der Waals surface area contributed by atoms with Crippen LogP contribution in [0.15, 0.2) is 23.4 Å². The summed E-state index contributed by atoms with van der Waals surface area (Å²) in [6.45, 7) is 0.820. The monoisotopic (exact) mass is 426 g/mol. The van der Waals surface area contributed by atoms with Gasteiger partial charge in [0.05, 0.1) is 18.6 Å². The molecule has 1 aromatic carbocycles. The summed E-state index contributed by atoms with van der Waals surface area (Å²) in [5.41, 5.74) is 2.09. The first-order valence-electron chi connectivity index (χ1n) is 8.64. The SMILES string of the molecule is COc1ccc2c(c1)CCN(S(=O)(=O)CCNC(=O)CSc1nnnn1C)C2. The predicted octanol–water partition coefficient (Wildman–Crippen LogP) is -0.185. The van der Waals surface area contributed by atoms with Gasteiger partial charge in [0.1, 0.15) is 5.75 Å². The van der Waals surface area contributed by atoms with E-state index in [2.05, 4.69) is 20.8 Å². The molecule has 0 saturated carbocycles. The molecule has 1 N–H and O–H groups in total. The molecule has 2 aromatic rings. The average molecular weight is 427 g/mol. The highest BCUT2D eigenvalue weighted by atomic mass is 32.2. The molecule has 0 spiro atoms. The van der Waals surface area contributed by atoms with E-state index in [1.54, 1.807) is 14.2 Å². The van der Waals surface area contributed by atoms with Crippen molar-refractivity contribution in [2.75, 3.05) is 31.7 Å². The Labute approximate surface area is 167 Å². The molecule has 1 amide bonds. The highest BCUT2D eigenvalue weighted by Gasteiger charge is 2.26. The molecule has 12 heteroatoms. The molecular weight excluding hydrogens is 404 g/mol. The topological polar surface area (TPSA) is 119 Å². The van der Waals surface area contributed by atoms with Crippen molar-refractivity contribution < 1.29 is 17.9 Å². The third kappa shape index (κ3) is 5.00. The van der Waals surface area contributed by atoms with Crippen LogP contribution < -0.4 is 10.1 Å². The number of aryl methyl sites for hydroxylation is 1. The minimum absolute atomic E-state index is 0.0603. The number of amides is 1. The standard InChI is InChI=1S/C16H22N6O4S2/c1-21-16(18-19-20-21)27-11-15(23)17-6-8-28(24,25)22-7-5-12-9-14(26-2)4-3-13(12)10-22/h3-4,9H,5-8,10-11H2,1-2H3,(H,17,23). The number of tetrazole rings is 1. The van der Waals surface area contributed by atoms with Gasteiger partial charge in [0.25, 0.3) is 0 Å². The molecular formula is C16H22N6O4S2. The van der Waals surface area contributed by atoms with Crippen LogP contribution in [0.1, 0.15) is 11.1 Å². The van der Waals surface area contributed by atoms with E-state index in [0.29, 0.717) is 24.7 Å². The number of nitrogens with zero attached hydrogens (tertiary/aromatic N) is 5. The number of aromatic nitrogens is 4. The van der Waals surface area contributed by atoms with Gasteiger partial charge >= 0.3 is 0 Å². The lowest BCUT2D eigenvalue weighted by molar-refractivity contribution is -0.118. The third-order valence-electron chi connectivity index (χ3n) is 4.38. The number of fused-ring (bicyclic) bond motifs is 1. The number of thioether (sulfide) groups is 1. The second kappa shape index (κ2) is 8.88. The number of benzene rings is 1. The summed E-state index contributed by atoms with van der Waals surface area (Å²) in [6.07, 6.45) is 0.639. The maximum absolute atomic E-state index is 12.6. The van der Waals surface area contributed by atoms with Gasteiger partial charge in [-0.25, -0.2) is 13.1 Å². The van der Waals surface area contributed by atoms with Crippen LogP contribution in [0.3, 0.4) is 0 Å². The molecule has 2 heterocycles. The van der Waals surface area contributed by atoms with Crippen molar-refractivity contribution in [2.24, 2.45) is 7.05 Å². The van der Waals surface area contributed by atoms with Crippen LogP contribution in [0.2, 0.25) is 0 Å². The third-order valence-corrected chi connectivity index (χ3v) is 7.21. The molecule has 0 fully saturated rings. The number of carbonyl (C=O) groups excluding carboxylic acids is 1. The largest absolute Gasteiger partial charge is 0.497 e. The number of hydrogen-bond acceptors (Lipinski definition) is 8. The Hall–Kier alpha value is -2.18. The van der Waals surface area contributed by atoms with Crippen molar-refractivity contribution in [1.82, 2.24) is 29.8 Å². The Bertz CT molecular complexity index is 946. The van der Waals surface area contributed by atoms with Crippen LogP contribution in [0.4, 0.5) is 0 Å². The molecule has 1 aliphatic heterocycles. The molecule has 0 unspecified atom stereocenters. The van der Waals surface area contributed by atoms with Crippen LogP contribution in [0.25, 0.3) is 0 Å². The molecule has 3 rings (SSSR count). The van der Waals surface area contributed by atoms with Crippen molar-refractivity contribution in [3.8, 4) is 5.75 Å². The highest BCUT2D eigenvalue weighted by Crippen LogP contribution is 2.25. The Morgan fingerprint density at radius 2 is 2.18 bits per heavy atom. The second-order valence-electron chi connectivity index (χ2n) is 6.26. The maximum Gasteiger partial charge on any atom is 0.230 e. The molecule has 10 nitrogen and oxygen atoms in total. The molecule has 28 heavy (non-hydrogen) atoms. The minimum atomic E-state index is -3.46. The number of rotatable bonds is 8. The van der Waals surface area contributed by atoms with Crippen molar-refractivity contribution in [1.29, 1.82) is 0 Å². The molecule has 0 atom stereocenters. The van der Waals surface area contributed by atoms with Crippen molar-refractivity contribution in [2.45, 2.75) is 18.1 Å². The van der Waals surface area contributed by atoms with E-state index in [4.69, 9.17) is 4.74 Å². The van der Waals surface area contributed by atoms with E-state index in [1.165, 1.54) is 20.7 Å². The molecule has 0 bridgehead atoms. The van der Waals surface area contributed by atoms with Gasteiger partial charge in [-0.3, -0.25) is 4.79 Å². The summed E-state index contributed by atoms with van der Waals surface area (Å²) in [4.78, 5) is 11.9. The first-order valence-corrected chi connectivity index (χ1v) is 11.2. The molecule has 152 valence electrons. The van der Waals surface area contributed by atoms with Gasteiger partial charge in [-0.15, -0.1) is 5.10 Å². The van der Waals surface area contributed by atoms with Crippen LogP contribution in [0.5, 0.6) is 5.75 Å². The van der Waals surface area contributed by atoms with E-state index in [0.717, 1.165) is 16.9 Å². The zero-order chi connectivity index (χ0) is 20.1. The normalized spacial score (nSPS) is 14.5.